The monoisotopic (exact) mass is 247 g/mol. The Bertz CT molecular complexity index is 362. The third-order valence-electron chi connectivity index (χ3n) is 3.71. The maximum absolute atomic E-state index is 3.63. The van der Waals surface area contributed by atoms with E-state index in [-0.39, 0.29) is 0 Å². The van der Waals surface area contributed by atoms with Crippen LogP contribution in [0.5, 0.6) is 0 Å². The van der Waals surface area contributed by atoms with E-state index in [1.165, 1.54) is 17.7 Å². The summed E-state index contributed by atoms with van der Waals surface area (Å²) >= 11 is 0. The van der Waals surface area contributed by atoms with Gasteiger partial charge in [-0.1, -0.05) is 12.1 Å². The summed E-state index contributed by atoms with van der Waals surface area (Å²) in [6.07, 6.45) is 1.23. The first kappa shape index (κ1) is 13.4. The van der Waals surface area contributed by atoms with E-state index in [2.05, 4.69) is 67.4 Å². The van der Waals surface area contributed by atoms with E-state index in [1.807, 2.05) is 0 Å². The summed E-state index contributed by atoms with van der Waals surface area (Å²) < 4.78 is 0. The van der Waals surface area contributed by atoms with Crippen molar-refractivity contribution in [2.75, 3.05) is 33.0 Å². The molecule has 1 fully saturated rings. The highest BCUT2D eigenvalue weighted by atomic mass is 15.2. The summed E-state index contributed by atoms with van der Waals surface area (Å²) in [6, 6.07) is 10.1. The van der Waals surface area contributed by atoms with Crippen LogP contribution in [0.3, 0.4) is 0 Å². The van der Waals surface area contributed by atoms with Crippen LogP contribution in [0.4, 0.5) is 5.69 Å². The second kappa shape index (κ2) is 5.72. The van der Waals surface area contributed by atoms with Crippen molar-refractivity contribution in [3.63, 3.8) is 0 Å². The van der Waals surface area contributed by atoms with Crippen LogP contribution in [0.2, 0.25) is 0 Å². The van der Waals surface area contributed by atoms with Gasteiger partial charge in [0, 0.05) is 30.9 Å². The van der Waals surface area contributed by atoms with Gasteiger partial charge < -0.3 is 15.1 Å². The summed E-state index contributed by atoms with van der Waals surface area (Å²) in [5.74, 6) is 0. The average Bonchev–Trinajstić information content (AvgIpc) is 2.60. The highest BCUT2D eigenvalue weighted by Gasteiger charge is 2.25. The normalized spacial score (nSPS) is 24.7. The molecule has 0 amide bonds. The molecular weight excluding hydrogens is 222 g/mol. The third kappa shape index (κ3) is 3.47. The number of hydrogen-bond acceptors (Lipinski definition) is 3. The van der Waals surface area contributed by atoms with Gasteiger partial charge >= 0.3 is 0 Å². The molecule has 100 valence electrons. The van der Waals surface area contributed by atoms with Crippen molar-refractivity contribution in [3.05, 3.63) is 29.8 Å². The zero-order valence-corrected chi connectivity index (χ0v) is 12.0. The van der Waals surface area contributed by atoms with Gasteiger partial charge in [0.2, 0.25) is 0 Å². The fourth-order valence-electron chi connectivity index (χ4n) is 2.61. The van der Waals surface area contributed by atoms with Crippen molar-refractivity contribution >= 4 is 5.69 Å². The minimum Gasteiger partial charge on any atom is -0.381 e. The Balaban J connectivity index is 1.90. The Labute approximate surface area is 111 Å². The predicted molar refractivity (Wildman–Crippen MR) is 78.0 cm³/mol. The maximum atomic E-state index is 3.63. The van der Waals surface area contributed by atoms with Crippen LogP contribution in [-0.4, -0.2) is 49.6 Å². The molecule has 1 heterocycles. The second-order valence-electron chi connectivity index (χ2n) is 5.80. The van der Waals surface area contributed by atoms with Gasteiger partial charge in [-0.15, -0.1) is 0 Å². The van der Waals surface area contributed by atoms with Crippen molar-refractivity contribution in [3.8, 4) is 0 Å². The van der Waals surface area contributed by atoms with Crippen LogP contribution in [0, 0.1) is 0 Å². The second-order valence-corrected chi connectivity index (χ2v) is 5.80. The van der Waals surface area contributed by atoms with E-state index in [0.717, 1.165) is 13.1 Å². The smallest absolute Gasteiger partial charge is 0.0403 e. The zero-order valence-electron chi connectivity index (χ0n) is 12.0. The van der Waals surface area contributed by atoms with Crippen LogP contribution in [0.15, 0.2) is 24.3 Å². The summed E-state index contributed by atoms with van der Waals surface area (Å²) in [4.78, 5) is 4.61. The number of rotatable bonds is 4. The van der Waals surface area contributed by atoms with Crippen molar-refractivity contribution in [2.24, 2.45) is 0 Å². The van der Waals surface area contributed by atoms with Crippen LogP contribution in [0.25, 0.3) is 0 Å². The lowest BCUT2D eigenvalue weighted by Gasteiger charge is -2.15. The lowest BCUT2D eigenvalue weighted by atomic mass is 10.1. The topological polar surface area (TPSA) is 18.5 Å². The quantitative estimate of drug-likeness (QED) is 0.880. The molecule has 2 rings (SSSR count). The van der Waals surface area contributed by atoms with Crippen molar-refractivity contribution in [2.45, 2.75) is 32.0 Å². The number of benzene rings is 1. The molecule has 1 aromatic rings. The molecule has 2 unspecified atom stereocenters. The first-order valence-electron chi connectivity index (χ1n) is 6.75. The zero-order chi connectivity index (χ0) is 13.1. The van der Waals surface area contributed by atoms with Gasteiger partial charge in [-0.3, -0.25) is 0 Å². The lowest BCUT2D eigenvalue weighted by Crippen LogP contribution is -2.24. The molecule has 1 N–H and O–H groups in total. The molecule has 0 aromatic heterocycles. The number of likely N-dealkylation sites (N-methyl/N-ethyl adjacent to an activating group) is 1. The number of likely N-dealkylation sites (tertiary alicyclic amines) is 1. The average molecular weight is 247 g/mol. The molecule has 0 bridgehead atoms. The van der Waals surface area contributed by atoms with Gasteiger partial charge in [0.1, 0.15) is 0 Å². The SMILES string of the molecule is CC1CC(Nc2ccc(CN(C)C)cc2)CN1C. The van der Waals surface area contributed by atoms with Gasteiger partial charge in [0.05, 0.1) is 0 Å². The van der Waals surface area contributed by atoms with Crippen LogP contribution >= 0.6 is 0 Å². The van der Waals surface area contributed by atoms with Gasteiger partial charge in [-0.2, -0.15) is 0 Å². The van der Waals surface area contributed by atoms with E-state index >= 15 is 0 Å². The molecule has 3 heteroatoms. The van der Waals surface area contributed by atoms with Gasteiger partial charge in [-0.25, -0.2) is 0 Å². The first-order valence-corrected chi connectivity index (χ1v) is 6.75. The minimum absolute atomic E-state index is 0.588. The molecule has 18 heavy (non-hydrogen) atoms. The Morgan fingerprint density at radius 3 is 2.44 bits per heavy atom. The third-order valence-corrected chi connectivity index (χ3v) is 3.71. The first-order chi connectivity index (χ1) is 8.54. The number of hydrogen-bond donors (Lipinski definition) is 1. The van der Waals surface area contributed by atoms with Crippen molar-refractivity contribution in [1.82, 2.24) is 9.80 Å². The van der Waals surface area contributed by atoms with Crippen LogP contribution in [0.1, 0.15) is 18.9 Å². The Morgan fingerprint density at radius 1 is 1.28 bits per heavy atom. The fourth-order valence-corrected chi connectivity index (χ4v) is 2.61. The van der Waals surface area contributed by atoms with Gasteiger partial charge in [0.15, 0.2) is 0 Å². The maximum Gasteiger partial charge on any atom is 0.0403 e. The number of nitrogens with zero attached hydrogens (tertiary/aromatic N) is 2. The standard InChI is InChI=1S/C15H25N3/c1-12-9-15(11-18(12)4)16-14-7-5-13(6-8-14)10-17(2)3/h5-8,12,15-16H,9-11H2,1-4H3. The van der Waals surface area contributed by atoms with Crippen molar-refractivity contribution in [1.29, 1.82) is 0 Å². The van der Waals surface area contributed by atoms with Crippen LogP contribution in [-0.2, 0) is 6.54 Å². The van der Waals surface area contributed by atoms with Crippen LogP contribution < -0.4 is 5.32 Å². The molecule has 1 aliphatic heterocycles. The van der Waals surface area contributed by atoms with E-state index < -0.39 is 0 Å². The number of nitrogens with one attached hydrogen (secondary N) is 1. The molecular formula is C15H25N3. The molecule has 3 nitrogen and oxygen atoms in total. The predicted octanol–water partition coefficient (Wildman–Crippen LogP) is 2.25. The van der Waals surface area contributed by atoms with Crippen molar-refractivity contribution < 1.29 is 0 Å². The molecule has 2 atom stereocenters. The highest BCUT2D eigenvalue weighted by Crippen LogP contribution is 2.20. The largest absolute Gasteiger partial charge is 0.381 e. The van der Waals surface area contributed by atoms with E-state index in [4.69, 9.17) is 0 Å². The molecule has 1 saturated heterocycles. The van der Waals surface area contributed by atoms with E-state index in [1.54, 1.807) is 0 Å². The Hall–Kier alpha value is -1.06. The minimum atomic E-state index is 0.588. The van der Waals surface area contributed by atoms with Gasteiger partial charge in [-0.05, 0) is 52.2 Å². The summed E-state index contributed by atoms with van der Waals surface area (Å²) in [5, 5.41) is 3.63. The fraction of sp³-hybridized carbons (Fsp3) is 0.600. The lowest BCUT2D eigenvalue weighted by molar-refractivity contribution is 0.330. The molecule has 0 saturated carbocycles. The summed E-state index contributed by atoms with van der Waals surface area (Å²) in [7, 11) is 6.40. The van der Waals surface area contributed by atoms with E-state index in [9.17, 15) is 0 Å². The molecule has 1 aliphatic rings. The van der Waals surface area contributed by atoms with E-state index in [0.29, 0.717) is 12.1 Å². The Kier molecular flexibility index (Phi) is 4.25. The van der Waals surface area contributed by atoms with Gasteiger partial charge in [0.25, 0.3) is 0 Å². The highest BCUT2D eigenvalue weighted by molar-refractivity contribution is 5.45. The molecule has 0 aliphatic carbocycles. The molecule has 0 spiro atoms. The summed E-state index contributed by atoms with van der Waals surface area (Å²) in [6.45, 7) is 4.44. The number of anilines is 1. The summed E-state index contributed by atoms with van der Waals surface area (Å²) in [5.41, 5.74) is 2.60. The Morgan fingerprint density at radius 2 is 1.94 bits per heavy atom. The molecule has 1 aromatic carbocycles. The molecule has 0 radical (unpaired) electrons.